The van der Waals surface area contributed by atoms with Crippen LogP contribution in [-0.2, 0) is 0 Å². The van der Waals surface area contributed by atoms with Gasteiger partial charge in [-0.05, 0) is 38.1 Å². The predicted molar refractivity (Wildman–Crippen MR) is 106 cm³/mol. The smallest absolute Gasteiger partial charge is 0.360 e. The predicted octanol–water partition coefficient (Wildman–Crippen LogP) is 4.47. The van der Waals surface area contributed by atoms with Crippen molar-refractivity contribution in [2.75, 3.05) is 17.2 Å². The van der Waals surface area contributed by atoms with Crippen molar-refractivity contribution in [3.63, 3.8) is 0 Å². The molecular weight excluding hydrogens is 409 g/mol. The molecule has 2 aromatic heterocycles. The molecule has 0 atom stereocenters. The van der Waals surface area contributed by atoms with Crippen LogP contribution >= 0.6 is 11.6 Å². The minimum absolute atomic E-state index is 0.0371. The van der Waals surface area contributed by atoms with E-state index in [0.29, 0.717) is 22.3 Å². The van der Waals surface area contributed by atoms with Gasteiger partial charge in [-0.25, -0.2) is 0 Å². The van der Waals surface area contributed by atoms with Crippen molar-refractivity contribution in [3.05, 3.63) is 41.0 Å². The van der Waals surface area contributed by atoms with Crippen LogP contribution < -0.4 is 16.0 Å². The molecule has 0 bridgehead atoms. The van der Waals surface area contributed by atoms with Crippen molar-refractivity contribution in [3.8, 4) is 0 Å². The van der Waals surface area contributed by atoms with Gasteiger partial charge in [-0.3, -0.25) is 4.79 Å². The summed E-state index contributed by atoms with van der Waals surface area (Å²) in [4.78, 5) is 23.3. The topological polar surface area (TPSA) is 94.7 Å². The number of aromatic amines is 1. The molecule has 4 N–H and O–H groups in total. The second-order valence-corrected chi connectivity index (χ2v) is 6.96. The average Bonchev–Trinajstić information content (AvgIpc) is 3.07. The molecule has 3 aromatic rings. The molecule has 7 nitrogen and oxygen atoms in total. The third-order valence-electron chi connectivity index (χ3n) is 3.76. The molecule has 0 spiro atoms. The molecule has 0 radical (unpaired) electrons. The summed E-state index contributed by atoms with van der Waals surface area (Å²) in [5.41, 5.74) is 1.15. The lowest BCUT2D eigenvalue weighted by Gasteiger charge is -2.13. The summed E-state index contributed by atoms with van der Waals surface area (Å²) >= 11 is 6.20. The second-order valence-electron chi connectivity index (χ2n) is 6.55. The van der Waals surface area contributed by atoms with E-state index in [2.05, 4.69) is 30.9 Å². The van der Waals surface area contributed by atoms with Crippen LogP contribution in [0.25, 0.3) is 11.0 Å². The Balaban J connectivity index is 1.84. The third kappa shape index (κ3) is 5.29. The van der Waals surface area contributed by atoms with Crippen LogP contribution in [0, 0.1) is 0 Å². The number of aromatic nitrogens is 3. The summed E-state index contributed by atoms with van der Waals surface area (Å²) < 4.78 is 37.7. The van der Waals surface area contributed by atoms with Crippen molar-refractivity contribution in [1.29, 1.82) is 0 Å². The highest BCUT2D eigenvalue weighted by atomic mass is 35.5. The van der Waals surface area contributed by atoms with Crippen molar-refractivity contribution in [2.24, 2.45) is 0 Å². The highest BCUT2D eigenvalue weighted by Crippen LogP contribution is 2.26. The molecule has 0 saturated carbocycles. The van der Waals surface area contributed by atoms with Crippen LogP contribution in [0.15, 0.2) is 30.5 Å². The monoisotopic (exact) mass is 426 g/mol. The Bertz CT molecular complexity index is 1030. The van der Waals surface area contributed by atoms with Gasteiger partial charge in [0.2, 0.25) is 5.95 Å². The van der Waals surface area contributed by atoms with Gasteiger partial charge in [-0.1, -0.05) is 11.6 Å². The highest BCUT2D eigenvalue weighted by molar-refractivity contribution is 6.34. The second kappa shape index (κ2) is 8.16. The summed E-state index contributed by atoms with van der Waals surface area (Å²) in [6.07, 6.45) is -2.83. The zero-order chi connectivity index (χ0) is 21.2. The van der Waals surface area contributed by atoms with E-state index in [9.17, 15) is 18.0 Å². The number of hydrogen-bond donors (Lipinski definition) is 4. The molecule has 0 aliphatic heterocycles. The first-order valence-corrected chi connectivity index (χ1v) is 9.03. The number of benzene rings is 1. The van der Waals surface area contributed by atoms with E-state index >= 15 is 0 Å². The first kappa shape index (κ1) is 20.7. The standard InChI is InChI=1S/C18H18ClF3N6O/c1-9(2)25-16(29)11-4-3-10(7-13(11)19)26-17-27-14-12(5-6-23-14)15(28-17)24-8-18(20,21)22/h3-7,9H,8H2,1-2H3,(H,25,29)(H3,23,24,26,27,28). The largest absolute Gasteiger partial charge is 0.405 e. The molecule has 3 rings (SSSR count). The molecule has 0 fully saturated rings. The fraction of sp³-hybridized carbons (Fsp3) is 0.278. The van der Waals surface area contributed by atoms with E-state index in [4.69, 9.17) is 11.6 Å². The number of nitrogens with one attached hydrogen (secondary N) is 4. The fourth-order valence-electron chi connectivity index (χ4n) is 2.56. The lowest BCUT2D eigenvalue weighted by atomic mass is 10.2. The molecule has 0 unspecified atom stereocenters. The molecule has 2 heterocycles. The van der Waals surface area contributed by atoms with Crippen molar-refractivity contribution in [1.82, 2.24) is 20.3 Å². The van der Waals surface area contributed by atoms with E-state index in [1.807, 2.05) is 13.8 Å². The number of fused-ring (bicyclic) bond motifs is 1. The number of H-pyrrole nitrogens is 1. The number of nitrogens with zero attached hydrogens (tertiary/aromatic N) is 2. The maximum Gasteiger partial charge on any atom is 0.405 e. The van der Waals surface area contributed by atoms with E-state index in [-0.39, 0.29) is 28.7 Å². The number of anilines is 3. The quantitative estimate of drug-likeness (QED) is 0.466. The van der Waals surface area contributed by atoms with Crippen LogP contribution in [0.4, 0.5) is 30.6 Å². The van der Waals surface area contributed by atoms with E-state index < -0.39 is 12.7 Å². The van der Waals surface area contributed by atoms with Crippen LogP contribution in [0.2, 0.25) is 5.02 Å². The average molecular weight is 427 g/mol. The molecule has 11 heteroatoms. The van der Waals surface area contributed by atoms with Gasteiger partial charge < -0.3 is 20.9 Å². The summed E-state index contributed by atoms with van der Waals surface area (Å²) in [7, 11) is 0. The highest BCUT2D eigenvalue weighted by Gasteiger charge is 2.27. The molecular formula is C18H18ClF3N6O. The molecule has 154 valence electrons. The van der Waals surface area contributed by atoms with Gasteiger partial charge in [0, 0.05) is 17.9 Å². The lowest BCUT2D eigenvalue weighted by Crippen LogP contribution is -2.30. The van der Waals surface area contributed by atoms with Crippen LogP contribution in [-0.4, -0.2) is 39.6 Å². The molecule has 29 heavy (non-hydrogen) atoms. The van der Waals surface area contributed by atoms with E-state index in [0.717, 1.165) is 0 Å². The Kier molecular flexibility index (Phi) is 5.83. The fourth-order valence-corrected chi connectivity index (χ4v) is 2.83. The van der Waals surface area contributed by atoms with Crippen LogP contribution in [0.1, 0.15) is 24.2 Å². The lowest BCUT2D eigenvalue weighted by molar-refractivity contribution is -0.115. The van der Waals surface area contributed by atoms with E-state index in [1.165, 1.54) is 6.07 Å². The van der Waals surface area contributed by atoms with Gasteiger partial charge in [-0.2, -0.15) is 23.1 Å². The number of carbonyl (C=O) groups excluding carboxylic acids is 1. The number of amides is 1. The van der Waals surface area contributed by atoms with Gasteiger partial charge in [0.05, 0.1) is 16.0 Å². The molecule has 0 aliphatic rings. The van der Waals surface area contributed by atoms with Crippen molar-refractivity contribution >= 4 is 46.0 Å². The van der Waals surface area contributed by atoms with E-state index in [1.54, 1.807) is 24.4 Å². The summed E-state index contributed by atoms with van der Waals surface area (Å²) in [6.45, 7) is 2.44. The first-order chi connectivity index (χ1) is 13.6. The minimum atomic E-state index is -4.39. The molecule has 1 aromatic carbocycles. The Hall–Kier alpha value is -3.01. The summed E-state index contributed by atoms with van der Waals surface area (Å²) in [5.74, 6) is -0.200. The van der Waals surface area contributed by atoms with Gasteiger partial charge >= 0.3 is 6.18 Å². The van der Waals surface area contributed by atoms with Crippen LogP contribution in [0.3, 0.4) is 0 Å². The third-order valence-corrected chi connectivity index (χ3v) is 4.07. The number of rotatable bonds is 6. The minimum Gasteiger partial charge on any atom is -0.360 e. The zero-order valence-corrected chi connectivity index (χ0v) is 16.2. The normalized spacial score (nSPS) is 11.7. The number of alkyl halides is 3. The number of halogens is 4. The summed E-state index contributed by atoms with van der Waals surface area (Å²) in [6, 6.07) is 6.20. The molecule has 0 aliphatic carbocycles. The van der Waals surface area contributed by atoms with Gasteiger partial charge in [0.25, 0.3) is 5.91 Å². The number of hydrogen-bond acceptors (Lipinski definition) is 5. The Morgan fingerprint density at radius 1 is 1.24 bits per heavy atom. The van der Waals surface area contributed by atoms with Crippen molar-refractivity contribution in [2.45, 2.75) is 26.1 Å². The van der Waals surface area contributed by atoms with Gasteiger partial charge in [0.1, 0.15) is 18.0 Å². The first-order valence-electron chi connectivity index (χ1n) is 8.65. The summed E-state index contributed by atoms with van der Waals surface area (Å²) in [5, 5.41) is 8.56. The molecule has 0 saturated heterocycles. The van der Waals surface area contributed by atoms with Gasteiger partial charge in [0.15, 0.2) is 0 Å². The van der Waals surface area contributed by atoms with Crippen molar-refractivity contribution < 1.29 is 18.0 Å². The maximum absolute atomic E-state index is 12.6. The number of carbonyl (C=O) groups is 1. The SMILES string of the molecule is CC(C)NC(=O)c1ccc(Nc2nc(NCC(F)(F)F)c3cc[nH]c3n2)cc1Cl. The Morgan fingerprint density at radius 2 is 2.00 bits per heavy atom. The van der Waals surface area contributed by atoms with Gasteiger partial charge in [-0.15, -0.1) is 0 Å². The Morgan fingerprint density at radius 3 is 2.66 bits per heavy atom. The Labute approximate surface area is 169 Å². The zero-order valence-electron chi connectivity index (χ0n) is 15.5. The molecule has 1 amide bonds. The van der Waals surface area contributed by atoms with Crippen LogP contribution in [0.5, 0.6) is 0 Å². The maximum atomic E-state index is 12.6.